The van der Waals surface area contributed by atoms with Crippen molar-refractivity contribution in [3.05, 3.63) is 24.0 Å². The minimum absolute atomic E-state index is 0.457. The number of β-amino-alcohol motifs (C(OH)–C–C–N with tert-alkyl or cyclic N) is 1. The van der Waals surface area contributed by atoms with Gasteiger partial charge in [-0.2, -0.15) is 0 Å². The van der Waals surface area contributed by atoms with Crippen LogP contribution < -0.4 is 4.90 Å². The van der Waals surface area contributed by atoms with Gasteiger partial charge in [0, 0.05) is 25.3 Å². The highest BCUT2D eigenvalue weighted by atomic mass is 16.3. The van der Waals surface area contributed by atoms with Gasteiger partial charge < -0.3 is 14.9 Å². The zero-order valence-electron chi connectivity index (χ0n) is 12.4. The summed E-state index contributed by atoms with van der Waals surface area (Å²) in [6.07, 6.45) is 2.74. The summed E-state index contributed by atoms with van der Waals surface area (Å²) in [4.78, 5) is 8.77. The third-order valence-electron chi connectivity index (χ3n) is 3.67. The molecule has 19 heavy (non-hydrogen) atoms. The summed E-state index contributed by atoms with van der Waals surface area (Å²) in [7, 11) is 4.00. The van der Waals surface area contributed by atoms with Gasteiger partial charge in [0.05, 0.1) is 17.5 Å². The number of aromatic nitrogens is 1. The molecule has 0 bridgehead atoms. The monoisotopic (exact) mass is 263 g/mol. The van der Waals surface area contributed by atoms with Crippen LogP contribution in [0.5, 0.6) is 0 Å². The normalized spacial score (nSPS) is 23.6. The molecule has 2 heterocycles. The van der Waals surface area contributed by atoms with Crippen molar-refractivity contribution in [2.45, 2.75) is 31.8 Å². The van der Waals surface area contributed by atoms with Crippen LogP contribution in [0.1, 0.15) is 31.9 Å². The molecule has 4 nitrogen and oxygen atoms in total. The molecule has 1 saturated heterocycles. The molecular weight excluding hydrogens is 238 g/mol. The first-order valence-corrected chi connectivity index (χ1v) is 6.98. The lowest BCUT2D eigenvalue weighted by molar-refractivity contribution is 0.0366. The molecular formula is C15H25N3O. The standard InChI is InChI=1S/C15H25N3O/c1-12(2)14-6-5-13(9-16-14)18-8-7-15(19,11-18)10-17(3)4/h5-6,9,12,19H,7-8,10-11H2,1-4H3. The fourth-order valence-corrected chi connectivity index (χ4v) is 2.72. The lowest BCUT2D eigenvalue weighted by Gasteiger charge is -2.27. The Hall–Kier alpha value is -1.13. The highest BCUT2D eigenvalue weighted by Crippen LogP contribution is 2.27. The summed E-state index contributed by atoms with van der Waals surface area (Å²) in [6, 6.07) is 4.20. The molecule has 0 amide bonds. The number of anilines is 1. The van der Waals surface area contributed by atoms with E-state index in [4.69, 9.17) is 0 Å². The average Bonchev–Trinajstić information content (AvgIpc) is 2.70. The van der Waals surface area contributed by atoms with E-state index in [1.807, 2.05) is 25.2 Å². The maximum absolute atomic E-state index is 10.5. The number of nitrogens with zero attached hydrogens (tertiary/aromatic N) is 3. The zero-order chi connectivity index (χ0) is 14.0. The van der Waals surface area contributed by atoms with Gasteiger partial charge in [-0.05, 0) is 38.6 Å². The number of rotatable bonds is 4. The topological polar surface area (TPSA) is 39.6 Å². The van der Waals surface area contributed by atoms with E-state index in [9.17, 15) is 5.11 Å². The first-order chi connectivity index (χ1) is 8.89. The summed E-state index contributed by atoms with van der Waals surface area (Å²) >= 11 is 0. The van der Waals surface area contributed by atoms with E-state index in [2.05, 4.69) is 35.9 Å². The predicted octanol–water partition coefficient (Wildman–Crippen LogP) is 1.71. The van der Waals surface area contributed by atoms with Crippen molar-refractivity contribution < 1.29 is 5.11 Å². The van der Waals surface area contributed by atoms with Crippen molar-refractivity contribution in [2.75, 3.05) is 38.6 Å². The van der Waals surface area contributed by atoms with Crippen LogP contribution in [-0.4, -0.2) is 54.3 Å². The van der Waals surface area contributed by atoms with Crippen molar-refractivity contribution in [3.8, 4) is 0 Å². The van der Waals surface area contributed by atoms with E-state index in [0.717, 1.165) is 24.3 Å². The first kappa shape index (κ1) is 14.3. The molecule has 1 fully saturated rings. The molecule has 1 aliphatic heterocycles. The minimum Gasteiger partial charge on any atom is -0.387 e. The highest BCUT2D eigenvalue weighted by molar-refractivity contribution is 5.46. The van der Waals surface area contributed by atoms with Crippen LogP contribution in [0.3, 0.4) is 0 Å². The third kappa shape index (κ3) is 3.45. The number of aliphatic hydroxyl groups is 1. The molecule has 1 aromatic rings. The van der Waals surface area contributed by atoms with Gasteiger partial charge in [0.25, 0.3) is 0 Å². The molecule has 1 unspecified atom stereocenters. The fraction of sp³-hybridized carbons (Fsp3) is 0.667. The molecule has 0 aliphatic carbocycles. The van der Waals surface area contributed by atoms with E-state index >= 15 is 0 Å². The molecule has 106 valence electrons. The van der Waals surface area contributed by atoms with E-state index in [-0.39, 0.29) is 0 Å². The Kier molecular flexibility index (Phi) is 4.11. The molecule has 4 heteroatoms. The van der Waals surface area contributed by atoms with Gasteiger partial charge in [0.2, 0.25) is 0 Å². The number of hydrogen-bond donors (Lipinski definition) is 1. The summed E-state index contributed by atoms with van der Waals surface area (Å²) in [5, 5.41) is 10.5. The van der Waals surface area contributed by atoms with Crippen molar-refractivity contribution in [1.82, 2.24) is 9.88 Å². The smallest absolute Gasteiger partial charge is 0.0964 e. The van der Waals surface area contributed by atoms with Gasteiger partial charge in [0.1, 0.15) is 0 Å². The number of likely N-dealkylation sites (N-methyl/N-ethyl adjacent to an activating group) is 1. The van der Waals surface area contributed by atoms with Crippen molar-refractivity contribution in [3.63, 3.8) is 0 Å². The summed E-state index contributed by atoms with van der Waals surface area (Å²) in [5.74, 6) is 0.457. The second-order valence-electron chi connectivity index (χ2n) is 6.23. The first-order valence-electron chi connectivity index (χ1n) is 6.98. The van der Waals surface area contributed by atoms with Gasteiger partial charge in [0.15, 0.2) is 0 Å². The lowest BCUT2D eigenvalue weighted by atomic mass is 10.0. The lowest BCUT2D eigenvalue weighted by Crippen LogP contribution is -2.42. The van der Waals surface area contributed by atoms with E-state index < -0.39 is 5.60 Å². The Morgan fingerprint density at radius 2 is 2.16 bits per heavy atom. The molecule has 1 atom stereocenters. The molecule has 0 aromatic carbocycles. The van der Waals surface area contributed by atoms with Crippen LogP contribution in [-0.2, 0) is 0 Å². The zero-order valence-corrected chi connectivity index (χ0v) is 12.4. The van der Waals surface area contributed by atoms with Crippen LogP contribution in [0, 0.1) is 0 Å². The van der Waals surface area contributed by atoms with Crippen LogP contribution >= 0.6 is 0 Å². The van der Waals surface area contributed by atoms with Gasteiger partial charge in [-0.1, -0.05) is 13.8 Å². The van der Waals surface area contributed by atoms with Gasteiger partial charge in [-0.3, -0.25) is 4.98 Å². The van der Waals surface area contributed by atoms with Crippen molar-refractivity contribution >= 4 is 5.69 Å². The molecule has 1 N–H and O–H groups in total. The van der Waals surface area contributed by atoms with Crippen molar-refractivity contribution in [1.29, 1.82) is 0 Å². The van der Waals surface area contributed by atoms with Crippen molar-refractivity contribution in [2.24, 2.45) is 0 Å². The number of hydrogen-bond acceptors (Lipinski definition) is 4. The van der Waals surface area contributed by atoms with E-state index in [1.165, 1.54) is 0 Å². The average molecular weight is 263 g/mol. The molecule has 0 spiro atoms. The van der Waals surface area contributed by atoms with Gasteiger partial charge in [-0.15, -0.1) is 0 Å². The molecule has 0 saturated carbocycles. The fourth-order valence-electron chi connectivity index (χ4n) is 2.72. The van der Waals surface area contributed by atoms with Crippen LogP contribution in [0.15, 0.2) is 18.3 Å². The Morgan fingerprint density at radius 3 is 2.68 bits per heavy atom. The molecule has 1 aliphatic rings. The largest absolute Gasteiger partial charge is 0.387 e. The Balaban J connectivity index is 2.04. The summed E-state index contributed by atoms with van der Waals surface area (Å²) < 4.78 is 0. The second-order valence-corrected chi connectivity index (χ2v) is 6.23. The molecule has 1 aromatic heterocycles. The maximum atomic E-state index is 10.5. The maximum Gasteiger partial charge on any atom is 0.0964 e. The van der Waals surface area contributed by atoms with E-state index in [1.54, 1.807) is 0 Å². The number of pyridine rings is 1. The minimum atomic E-state index is -0.597. The van der Waals surface area contributed by atoms with E-state index in [0.29, 0.717) is 19.0 Å². The summed E-state index contributed by atoms with van der Waals surface area (Å²) in [5.41, 5.74) is 1.63. The Morgan fingerprint density at radius 1 is 1.42 bits per heavy atom. The summed E-state index contributed by atoms with van der Waals surface area (Å²) in [6.45, 7) is 6.59. The van der Waals surface area contributed by atoms with Crippen LogP contribution in [0.4, 0.5) is 5.69 Å². The Bertz CT molecular complexity index is 416. The Labute approximate surface area is 116 Å². The third-order valence-corrected chi connectivity index (χ3v) is 3.67. The second kappa shape index (κ2) is 5.47. The highest BCUT2D eigenvalue weighted by Gasteiger charge is 2.36. The van der Waals surface area contributed by atoms with Crippen LogP contribution in [0.2, 0.25) is 0 Å². The SMILES string of the molecule is CC(C)c1ccc(N2CCC(O)(CN(C)C)C2)cn1. The molecule has 2 rings (SSSR count). The van der Waals surface area contributed by atoms with Gasteiger partial charge >= 0.3 is 0 Å². The molecule has 0 radical (unpaired) electrons. The van der Waals surface area contributed by atoms with Gasteiger partial charge in [-0.25, -0.2) is 0 Å². The quantitative estimate of drug-likeness (QED) is 0.897. The van der Waals surface area contributed by atoms with Crippen LogP contribution in [0.25, 0.3) is 0 Å². The predicted molar refractivity (Wildman–Crippen MR) is 78.7 cm³/mol.